The molecule has 8 nitrogen and oxygen atoms in total. The summed E-state index contributed by atoms with van der Waals surface area (Å²) in [6, 6.07) is 8.88. The molecule has 2 fully saturated rings. The Morgan fingerprint density at radius 2 is 2.00 bits per heavy atom. The van der Waals surface area contributed by atoms with E-state index in [1.807, 2.05) is 6.07 Å². The van der Waals surface area contributed by atoms with E-state index in [0.29, 0.717) is 50.3 Å². The molecule has 1 aromatic carbocycles. The average Bonchev–Trinajstić information content (AvgIpc) is 3.10. The van der Waals surface area contributed by atoms with Gasteiger partial charge in [0.1, 0.15) is 6.07 Å². The number of hydrogen-bond donors (Lipinski definition) is 1. The van der Waals surface area contributed by atoms with Crippen molar-refractivity contribution in [2.75, 3.05) is 31.6 Å². The molecule has 1 aromatic rings. The molecule has 0 spiro atoms. The number of hydrogen-bond acceptors (Lipinski definition) is 5. The van der Waals surface area contributed by atoms with Crippen molar-refractivity contribution in [1.29, 1.82) is 5.26 Å². The van der Waals surface area contributed by atoms with Crippen LogP contribution in [0.5, 0.6) is 0 Å². The lowest BCUT2D eigenvalue weighted by molar-refractivity contribution is -0.130. The van der Waals surface area contributed by atoms with Crippen LogP contribution in [-0.4, -0.2) is 60.0 Å². The second kappa shape index (κ2) is 8.74. The summed E-state index contributed by atoms with van der Waals surface area (Å²) in [6.07, 6.45) is 1.20. The normalized spacial score (nSPS) is 20.0. The standard InChI is InChI=1S/C20H24N4O4/c1-2-28-20(27)23-9-7-16(8-10-23)24-13-15(11-18(24)25)19(26)22-17-6-4-3-5-14(17)12-21/h3-6,15-16H,2,7-11,13H2,1H3,(H,22,26). The highest BCUT2D eigenvalue weighted by Crippen LogP contribution is 2.27. The minimum absolute atomic E-state index is 0.0300. The summed E-state index contributed by atoms with van der Waals surface area (Å²) in [5.74, 6) is -0.729. The fourth-order valence-corrected chi connectivity index (χ4v) is 3.76. The van der Waals surface area contributed by atoms with Crippen LogP contribution >= 0.6 is 0 Å². The van der Waals surface area contributed by atoms with Crippen molar-refractivity contribution in [1.82, 2.24) is 9.80 Å². The van der Waals surface area contributed by atoms with Crippen molar-refractivity contribution in [3.8, 4) is 6.07 Å². The predicted octanol–water partition coefficient (Wildman–Crippen LogP) is 1.97. The number of piperidine rings is 1. The zero-order valence-corrected chi connectivity index (χ0v) is 15.9. The Morgan fingerprint density at radius 3 is 2.68 bits per heavy atom. The number of benzene rings is 1. The molecule has 2 aliphatic heterocycles. The number of carbonyl (C=O) groups excluding carboxylic acids is 3. The predicted molar refractivity (Wildman–Crippen MR) is 101 cm³/mol. The number of likely N-dealkylation sites (tertiary alicyclic amines) is 2. The first-order valence-electron chi connectivity index (χ1n) is 9.54. The summed E-state index contributed by atoms with van der Waals surface area (Å²) in [4.78, 5) is 40.3. The minimum Gasteiger partial charge on any atom is -0.450 e. The number of carbonyl (C=O) groups is 3. The zero-order chi connectivity index (χ0) is 20.1. The summed E-state index contributed by atoms with van der Waals surface area (Å²) >= 11 is 0. The van der Waals surface area contributed by atoms with Gasteiger partial charge in [0.25, 0.3) is 0 Å². The number of nitriles is 1. The maximum Gasteiger partial charge on any atom is 0.409 e. The van der Waals surface area contributed by atoms with Gasteiger partial charge in [0, 0.05) is 32.1 Å². The number of amides is 3. The van der Waals surface area contributed by atoms with Crippen molar-refractivity contribution < 1.29 is 19.1 Å². The smallest absolute Gasteiger partial charge is 0.409 e. The zero-order valence-electron chi connectivity index (χ0n) is 15.9. The molecule has 148 valence electrons. The topological polar surface area (TPSA) is 103 Å². The molecule has 1 N–H and O–H groups in total. The number of para-hydroxylation sites is 1. The first kappa shape index (κ1) is 19.7. The van der Waals surface area contributed by atoms with Crippen molar-refractivity contribution in [2.45, 2.75) is 32.2 Å². The Labute approximate surface area is 164 Å². The number of nitrogens with one attached hydrogen (secondary N) is 1. The summed E-state index contributed by atoms with van der Waals surface area (Å²) < 4.78 is 5.02. The van der Waals surface area contributed by atoms with E-state index in [1.54, 1.807) is 41.0 Å². The van der Waals surface area contributed by atoms with Crippen LogP contribution in [0.4, 0.5) is 10.5 Å². The number of anilines is 1. The fourth-order valence-electron chi connectivity index (χ4n) is 3.76. The molecule has 0 aliphatic carbocycles. The maximum atomic E-state index is 12.6. The molecule has 0 bridgehead atoms. The quantitative estimate of drug-likeness (QED) is 0.855. The highest BCUT2D eigenvalue weighted by molar-refractivity contribution is 5.98. The third-order valence-corrected chi connectivity index (χ3v) is 5.27. The summed E-state index contributed by atoms with van der Waals surface area (Å²) in [5, 5.41) is 11.9. The molecule has 1 unspecified atom stereocenters. The minimum atomic E-state index is -0.442. The van der Waals surface area contributed by atoms with Crippen LogP contribution in [-0.2, 0) is 14.3 Å². The Bertz CT molecular complexity index is 796. The molecule has 28 heavy (non-hydrogen) atoms. The van der Waals surface area contributed by atoms with Gasteiger partial charge in [-0.2, -0.15) is 5.26 Å². The van der Waals surface area contributed by atoms with Gasteiger partial charge in [0.2, 0.25) is 11.8 Å². The number of nitrogens with zero attached hydrogens (tertiary/aromatic N) is 3. The number of rotatable bonds is 4. The molecule has 8 heteroatoms. The lowest BCUT2D eigenvalue weighted by atomic mass is 10.0. The van der Waals surface area contributed by atoms with Gasteiger partial charge in [-0.15, -0.1) is 0 Å². The second-order valence-corrected chi connectivity index (χ2v) is 7.01. The SMILES string of the molecule is CCOC(=O)N1CCC(N2CC(C(=O)Nc3ccccc3C#N)CC2=O)CC1. The average molecular weight is 384 g/mol. The van der Waals surface area contributed by atoms with Crippen LogP contribution in [0.3, 0.4) is 0 Å². The number of ether oxygens (including phenoxy) is 1. The van der Waals surface area contributed by atoms with E-state index in [4.69, 9.17) is 10.00 Å². The van der Waals surface area contributed by atoms with Crippen molar-refractivity contribution in [3.05, 3.63) is 29.8 Å². The summed E-state index contributed by atoms with van der Waals surface area (Å²) in [5.41, 5.74) is 0.854. The monoisotopic (exact) mass is 384 g/mol. The Kier molecular flexibility index (Phi) is 6.14. The third kappa shape index (κ3) is 4.25. The van der Waals surface area contributed by atoms with E-state index in [9.17, 15) is 14.4 Å². The molecule has 0 aromatic heterocycles. The molecule has 0 radical (unpaired) electrons. The molecule has 3 amide bonds. The van der Waals surface area contributed by atoms with Gasteiger partial charge in [-0.05, 0) is 31.9 Å². The van der Waals surface area contributed by atoms with Gasteiger partial charge in [-0.25, -0.2) is 4.79 Å². The van der Waals surface area contributed by atoms with E-state index in [0.717, 1.165) is 0 Å². The van der Waals surface area contributed by atoms with Crippen LogP contribution in [0.25, 0.3) is 0 Å². The van der Waals surface area contributed by atoms with Crippen molar-refractivity contribution in [3.63, 3.8) is 0 Å². The van der Waals surface area contributed by atoms with Crippen LogP contribution in [0.1, 0.15) is 31.7 Å². The first-order valence-corrected chi connectivity index (χ1v) is 9.54. The van der Waals surface area contributed by atoms with Gasteiger partial charge >= 0.3 is 6.09 Å². The van der Waals surface area contributed by atoms with Crippen LogP contribution in [0.2, 0.25) is 0 Å². The van der Waals surface area contributed by atoms with E-state index >= 15 is 0 Å². The molecule has 1 atom stereocenters. The van der Waals surface area contributed by atoms with Crippen LogP contribution in [0, 0.1) is 17.2 Å². The lowest BCUT2D eigenvalue weighted by Crippen LogP contribution is -2.47. The maximum absolute atomic E-state index is 12.6. The van der Waals surface area contributed by atoms with Gasteiger partial charge in [0.05, 0.1) is 23.8 Å². The molecule has 2 heterocycles. The largest absolute Gasteiger partial charge is 0.450 e. The molecule has 3 rings (SSSR count). The van der Waals surface area contributed by atoms with E-state index < -0.39 is 5.92 Å². The van der Waals surface area contributed by atoms with E-state index in [2.05, 4.69) is 5.32 Å². The molecular weight excluding hydrogens is 360 g/mol. The third-order valence-electron chi connectivity index (χ3n) is 5.27. The fraction of sp³-hybridized carbons (Fsp3) is 0.500. The van der Waals surface area contributed by atoms with Crippen LogP contribution in [0.15, 0.2) is 24.3 Å². The summed E-state index contributed by atoms with van der Waals surface area (Å²) in [7, 11) is 0. The highest BCUT2D eigenvalue weighted by atomic mass is 16.6. The first-order chi connectivity index (χ1) is 13.5. The second-order valence-electron chi connectivity index (χ2n) is 7.01. The van der Waals surface area contributed by atoms with Crippen molar-refractivity contribution in [2.24, 2.45) is 5.92 Å². The van der Waals surface area contributed by atoms with Gasteiger partial charge < -0.3 is 19.9 Å². The van der Waals surface area contributed by atoms with E-state index in [-0.39, 0.29) is 30.4 Å². The Balaban J connectivity index is 1.56. The van der Waals surface area contributed by atoms with Crippen LogP contribution < -0.4 is 5.32 Å². The molecular formula is C20H24N4O4. The lowest BCUT2D eigenvalue weighted by Gasteiger charge is -2.36. The van der Waals surface area contributed by atoms with Gasteiger partial charge in [0.15, 0.2) is 0 Å². The molecule has 2 aliphatic rings. The Morgan fingerprint density at radius 1 is 1.29 bits per heavy atom. The van der Waals surface area contributed by atoms with E-state index in [1.165, 1.54) is 0 Å². The highest BCUT2D eigenvalue weighted by Gasteiger charge is 2.39. The Hall–Kier alpha value is -3.08. The van der Waals surface area contributed by atoms with Gasteiger partial charge in [-0.3, -0.25) is 9.59 Å². The van der Waals surface area contributed by atoms with Crippen molar-refractivity contribution >= 4 is 23.6 Å². The molecule has 0 saturated carbocycles. The van der Waals surface area contributed by atoms with Gasteiger partial charge in [-0.1, -0.05) is 12.1 Å². The molecule has 2 saturated heterocycles. The summed E-state index contributed by atoms with van der Waals surface area (Å²) in [6.45, 7) is 3.56.